The minimum absolute atomic E-state index is 0.0622. The van der Waals surface area contributed by atoms with Crippen LogP contribution in [0, 0.1) is 31.6 Å². The fourth-order valence-corrected chi connectivity index (χ4v) is 6.30. The van der Waals surface area contributed by atoms with Gasteiger partial charge in [0.1, 0.15) is 24.3 Å². The number of hydrogen-bond donors (Lipinski definition) is 2. The van der Waals surface area contributed by atoms with E-state index in [1.165, 1.54) is 0 Å². The first-order valence-corrected chi connectivity index (χ1v) is 18.5. The number of rotatable bonds is 14. The van der Waals surface area contributed by atoms with Gasteiger partial charge in [0.2, 0.25) is 11.9 Å². The van der Waals surface area contributed by atoms with Gasteiger partial charge in [0.25, 0.3) is 5.91 Å². The summed E-state index contributed by atoms with van der Waals surface area (Å²) in [6.07, 6.45) is 11.8. The van der Waals surface area contributed by atoms with Crippen molar-refractivity contribution in [3.63, 3.8) is 0 Å². The lowest BCUT2D eigenvalue weighted by Gasteiger charge is -2.32. The number of nitrogens with one attached hydrogen (secondary N) is 2. The Morgan fingerprint density at radius 2 is 1.82 bits per heavy atom. The first-order valence-electron chi connectivity index (χ1n) is 15.4. The Morgan fingerprint density at radius 3 is 2.49 bits per heavy atom. The summed E-state index contributed by atoms with van der Waals surface area (Å²) >= 11 is 0. The molecule has 4 rings (SSSR count). The highest BCUT2D eigenvalue weighted by molar-refractivity contribution is 8.32. The molecule has 0 aromatic carbocycles. The topological polar surface area (TPSA) is 125 Å². The van der Waals surface area contributed by atoms with Crippen LogP contribution < -0.4 is 10.6 Å². The van der Waals surface area contributed by atoms with E-state index in [9.17, 15) is 9.59 Å². The fraction of sp³-hybridized carbons (Fsp3) is 0.594. The van der Waals surface area contributed by atoms with Gasteiger partial charge in [-0.1, -0.05) is 19.8 Å². The monoisotopic (exact) mass is 645 g/mol. The van der Waals surface area contributed by atoms with Crippen molar-refractivity contribution in [3.8, 4) is 11.1 Å². The van der Waals surface area contributed by atoms with Crippen LogP contribution in [0.5, 0.6) is 0 Å². The quantitative estimate of drug-likeness (QED) is 0.191. The summed E-state index contributed by atoms with van der Waals surface area (Å²) in [7, 11) is 0.922. The summed E-state index contributed by atoms with van der Waals surface area (Å²) in [5.74, 6) is 0.0207. The first kappa shape index (κ1) is 34.6. The number of aromatic nitrogens is 5. The normalized spacial score (nSPS) is 18.0. The van der Waals surface area contributed by atoms with Gasteiger partial charge in [-0.2, -0.15) is 14.6 Å². The van der Waals surface area contributed by atoms with Crippen LogP contribution in [0.3, 0.4) is 0 Å². The lowest BCUT2D eigenvalue weighted by atomic mass is 9.79. The molecule has 0 radical (unpaired) electrons. The molecule has 3 aromatic heterocycles. The van der Waals surface area contributed by atoms with Crippen molar-refractivity contribution in [1.29, 1.82) is 0 Å². The second-order valence-corrected chi connectivity index (χ2v) is 17.4. The van der Waals surface area contributed by atoms with Gasteiger partial charge in [0, 0.05) is 35.9 Å². The van der Waals surface area contributed by atoms with Crippen molar-refractivity contribution >= 4 is 27.7 Å². The molecule has 0 aliphatic heterocycles. The molecule has 1 saturated carbocycles. The van der Waals surface area contributed by atoms with Crippen LogP contribution in [0.25, 0.3) is 11.1 Å². The average Bonchev–Trinajstić information content (AvgIpc) is 3.56. The lowest BCUT2D eigenvalue weighted by Crippen LogP contribution is -2.49. The number of pyridine rings is 1. The van der Waals surface area contributed by atoms with Gasteiger partial charge in [-0.3, -0.25) is 14.3 Å². The Bertz CT molecular complexity index is 1460. The van der Waals surface area contributed by atoms with Gasteiger partial charge < -0.3 is 20.1 Å². The zero-order valence-corrected chi connectivity index (χ0v) is 28.4. The molecule has 45 heavy (non-hydrogen) atoms. The molecule has 2 N–H and O–H groups in total. The van der Waals surface area contributed by atoms with Crippen LogP contribution >= 0.6 is 10.0 Å². The van der Waals surface area contributed by atoms with Crippen molar-refractivity contribution < 1.29 is 23.5 Å². The number of anilines is 1. The van der Waals surface area contributed by atoms with Gasteiger partial charge in [-0.05, 0) is 75.5 Å². The summed E-state index contributed by atoms with van der Waals surface area (Å²) < 4.78 is 29.8. The van der Waals surface area contributed by atoms with E-state index in [4.69, 9.17) is 9.47 Å². The fourth-order valence-electron chi connectivity index (χ4n) is 5.68. The molecule has 0 spiro atoms. The zero-order chi connectivity index (χ0) is 32.7. The molecule has 2 amide bonds. The standard InChI is InChI=1S/C32H48FN7O4S/c1-21-8-10-24(11-9-21)29(37-31(41)26-14-15-34-39(26)16-17-43-4)32(42)36-27-13-12-25(30(33)35-27)28-22(2)38-40(23(28)3)20-44-18-19-45(5,6)7/h12-15,21,24,29H,8-11,16-20H2,1-7H3,(H,37,41)(H,35,36,42)/t21?,24?,29-/m0/s1. The molecule has 3 aromatic rings. The van der Waals surface area contributed by atoms with E-state index in [2.05, 4.69) is 51.5 Å². The number of aryl methyl sites for hydroxylation is 1. The van der Waals surface area contributed by atoms with Gasteiger partial charge in [0.05, 0.1) is 25.5 Å². The van der Waals surface area contributed by atoms with Gasteiger partial charge in [-0.25, -0.2) is 19.7 Å². The van der Waals surface area contributed by atoms with Gasteiger partial charge in [0.15, 0.2) is 0 Å². The summed E-state index contributed by atoms with van der Waals surface area (Å²) in [5, 5.41) is 14.5. The molecule has 248 valence electrons. The molecule has 11 nitrogen and oxygen atoms in total. The maximum Gasteiger partial charge on any atom is 0.270 e. The van der Waals surface area contributed by atoms with E-state index < -0.39 is 33.8 Å². The number of ether oxygens (including phenoxy) is 2. The zero-order valence-electron chi connectivity index (χ0n) is 27.6. The van der Waals surface area contributed by atoms with Gasteiger partial charge in [-0.15, -0.1) is 0 Å². The van der Waals surface area contributed by atoms with E-state index in [1.54, 1.807) is 40.9 Å². The smallest absolute Gasteiger partial charge is 0.270 e. The Kier molecular flexibility index (Phi) is 11.8. The molecule has 0 unspecified atom stereocenters. The summed E-state index contributed by atoms with van der Waals surface area (Å²) in [4.78, 5) is 31.1. The SMILES string of the molecule is COCCn1nccc1C(=O)N[C@H](C(=O)Nc1ccc(-c2c(C)nn(COCCS(C)(C)C)c2C)c(F)n1)C1CCC(C)CC1. The van der Waals surface area contributed by atoms with E-state index in [0.29, 0.717) is 48.2 Å². The molecule has 1 fully saturated rings. The largest absolute Gasteiger partial charge is 0.383 e. The molecule has 0 saturated heterocycles. The Morgan fingerprint density at radius 1 is 1.09 bits per heavy atom. The number of nitrogens with zero attached hydrogens (tertiary/aromatic N) is 5. The highest BCUT2D eigenvalue weighted by Gasteiger charge is 2.33. The summed E-state index contributed by atoms with van der Waals surface area (Å²) in [6.45, 7) is 7.62. The number of hydrogen-bond acceptors (Lipinski definition) is 7. The maximum absolute atomic E-state index is 15.5. The molecule has 3 heterocycles. The highest BCUT2D eigenvalue weighted by Crippen LogP contribution is 2.34. The molecule has 1 aliphatic carbocycles. The summed E-state index contributed by atoms with van der Waals surface area (Å²) in [6, 6.07) is 3.98. The Balaban J connectivity index is 1.49. The Hall–Kier alpha value is -3.29. The number of methoxy groups -OCH3 is 1. The maximum atomic E-state index is 15.5. The minimum Gasteiger partial charge on any atom is -0.383 e. The van der Waals surface area contributed by atoms with Crippen LogP contribution in [0.1, 0.15) is 54.5 Å². The van der Waals surface area contributed by atoms with Crippen molar-refractivity contribution in [3.05, 3.63) is 47.4 Å². The van der Waals surface area contributed by atoms with Crippen LogP contribution in [0.4, 0.5) is 10.2 Å². The summed E-state index contributed by atoms with van der Waals surface area (Å²) in [5.41, 5.74) is 2.72. The average molecular weight is 646 g/mol. The first-order chi connectivity index (χ1) is 21.4. The minimum atomic E-state index is -0.817. The third-order valence-electron chi connectivity index (χ3n) is 8.36. The molecule has 1 atom stereocenters. The predicted molar refractivity (Wildman–Crippen MR) is 176 cm³/mol. The second-order valence-electron chi connectivity index (χ2n) is 12.8. The third-order valence-corrected chi connectivity index (χ3v) is 9.75. The van der Waals surface area contributed by atoms with Gasteiger partial charge >= 0.3 is 0 Å². The van der Waals surface area contributed by atoms with E-state index in [0.717, 1.165) is 37.1 Å². The second kappa shape index (κ2) is 15.3. The van der Waals surface area contributed by atoms with Crippen LogP contribution in [0.15, 0.2) is 24.4 Å². The van der Waals surface area contributed by atoms with E-state index in [-0.39, 0.29) is 18.5 Å². The number of carbonyl (C=O) groups is 2. The van der Waals surface area contributed by atoms with Crippen LogP contribution in [-0.4, -0.2) is 87.2 Å². The lowest BCUT2D eigenvalue weighted by molar-refractivity contribution is -0.119. The predicted octanol–water partition coefficient (Wildman–Crippen LogP) is 4.78. The van der Waals surface area contributed by atoms with Crippen molar-refractivity contribution in [1.82, 2.24) is 29.9 Å². The number of amides is 2. The van der Waals surface area contributed by atoms with E-state index in [1.807, 2.05) is 13.8 Å². The van der Waals surface area contributed by atoms with Crippen molar-refractivity contribution in [2.24, 2.45) is 11.8 Å². The molecule has 1 aliphatic rings. The van der Waals surface area contributed by atoms with Crippen LogP contribution in [0.2, 0.25) is 0 Å². The van der Waals surface area contributed by atoms with Crippen molar-refractivity contribution in [2.75, 3.05) is 50.2 Å². The number of carbonyl (C=O) groups excluding carboxylic acids is 2. The van der Waals surface area contributed by atoms with E-state index >= 15 is 4.39 Å². The molecule has 0 bridgehead atoms. The molecular formula is C32H48FN7O4S. The van der Waals surface area contributed by atoms with Crippen molar-refractivity contribution in [2.45, 2.75) is 65.8 Å². The highest BCUT2D eigenvalue weighted by atomic mass is 32.3. The molecular weight excluding hydrogens is 597 g/mol. The van der Waals surface area contributed by atoms with Crippen LogP contribution in [-0.2, 0) is 27.5 Å². The third kappa shape index (κ3) is 9.14. The Labute approximate surface area is 267 Å². The number of halogens is 1. The molecule has 13 heteroatoms.